The number of aldehydes is 1. The maximum atomic E-state index is 13.3. The van der Waals surface area contributed by atoms with Crippen LogP contribution in [0.5, 0.6) is 0 Å². The van der Waals surface area contributed by atoms with Crippen molar-refractivity contribution in [3.8, 4) is 0 Å². The van der Waals surface area contributed by atoms with E-state index in [1.807, 2.05) is 0 Å². The molecular formula is C11H7ClF2O. The third kappa shape index (κ3) is 1.57. The van der Waals surface area contributed by atoms with E-state index in [4.69, 9.17) is 11.6 Å². The molecule has 78 valence electrons. The highest BCUT2D eigenvalue weighted by atomic mass is 35.5. The molecule has 0 saturated heterocycles. The minimum atomic E-state index is -0.882. The first-order valence-electron chi connectivity index (χ1n) is 4.46. The lowest BCUT2D eigenvalue weighted by atomic mass is 9.92. The highest BCUT2D eigenvalue weighted by Gasteiger charge is 2.21. The lowest BCUT2D eigenvalue weighted by Crippen LogP contribution is -2.07. The van der Waals surface area contributed by atoms with Gasteiger partial charge in [-0.2, -0.15) is 0 Å². The largest absolute Gasteiger partial charge is 0.298 e. The Hall–Kier alpha value is -1.22. The summed E-state index contributed by atoms with van der Waals surface area (Å²) in [5, 5.41) is 0.227. The molecule has 0 unspecified atom stereocenters. The van der Waals surface area contributed by atoms with E-state index in [9.17, 15) is 13.6 Å². The second-order valence-corrected chi connectivity index (χ2v) is 3.72. The molecule has 0 saturated carbocycles. The molecule has 4 heteroatoms. The Morgan fingerprint density at radius 2 is 2.00 bits per heavy atom. The summed E-state index contributed by atoms with van der Waals surface area (Å²) in [4.78, 5) is 10.6. The number of rotatable bonds is 1. The summed E-state index contributed by atoms with van der Waals surface area (Å²) in [6.45, 7) is 0. The quantitative estimate of drug-likeness (QED) is 0.675. The average molecular weight is 229 g/mol. The molecule has 0 aliphatic heterocycles. The van der Waals surface area contributed by atoms with Gasteiger partial charge in [0, 0.05) is 5.57 Å². The normalized spacial score (nSPS) is 15.1. The van der Waals surface area contributed by atoms with Gasteiger partial charge in [0.1, 0.15) is 6.29 Å². The van der Waals surface area contributed by atoms with Crippen LogP contribution in [0.2, 0.25) is 0 Å². The summed E-state index contributed by atoms with van der Waals surface area (Å²) in [7, 11) is 0. The van der Waals surface area contributed by atoms with Crippen molar-refractivity contribution in [3.05, 3.63) is 40.5 Å². The van der Waals surface area contributed by atoms with Gasteiger partial charge in [-0.25, -0.2) is 8.78 Å². The molecule has 1 nitrogen and oxygen atoms in total. The van der Waals surface area contributed by atoms with Crippen molar-refractivity contribution in [2.24, 2.45) is 0 Å². The Kier molecular flexibility index (Phi) is 2.57. The number of hydrogen-bond acceptors (Lipinski definition) is 1. The van der Waals surface area contributed by atoms with Gasteiger partial charge in [-0.1, -0.05) is 17.7 Å². The highest BCUT2D eigenvalue weighted by molar-refractivity contribution is 6.50. The molecule has 0 radical (unpaired) electrons. The van der Waals surface area contributed by atoms with E-state index < -0.39 is 11.6 Å². The van der Waals surface area contributed by atoms with E-state index in [0.717, 1.165) is 6.07 Å². The molecule has 0 spiro atoms. The van der Waals surface area contributed by atoms with Gasteiger partial charge in [0.25, 0.3) is 0 Å². The molecule has 1 aliphatic carbocycles. The van der Waals surface area contributed by atoms with Crippen molar-refractivity contribution >= 4 is 22.9 Å². The summed E-state index contributed by atoms with van der Waals surface area (Å²) < 4.78 is 26.3. The van der Waals surface area contributed by atoms with Crippen LogP contribution < -0.4 is 0 Å². The van der Waals surface area contributed by atoms with E-state index in [2.05, 4.69) is 0 Å². The van der Waals surface area contributed by atoms with Crippen LogP contribution in [-0.2, 0) is 11.2 Å². The Labute approximate surface area is 90.4 Å². The van der Waals surface area contributed by atoms with Crippen LogP contribution in [-0.4, -0.2) is 6.29 Å². The third-order valence-electron chi connectivity index (χ3n) is 2.50. The van der Waals surface area contributed by atoms with Crippen molar-refractivity contribution in [2.75, 3.05) is 0 Å². The van der Waals surface area contributed by atoms with Crippen molar-refractivity contribution in [1.82, 2.24) is 0 Å². The van der Waals surface area contributed by atoms with E-state index in [0.29, 0.717) is 30.3 Å². The monoisotopic (exact) mass is 228 g/mol. The number of benzene rings is 1. The Balaban J connectivity index is 2.66. The van der Waals surface area contributed by atoms with Crippen LogP contribution in [0.15, 0.2) is 17.7 Å². The molecule has 0 fully saturated rings. The van der Waals surface area contributed by atoms with Crippen molar-refractivity contribution < 1.29 is 13.6 Å². The lowest BCUT2D eigenvalue weighted by molar-refractivity contribution is -0.105. The number of carbonyl (C=O) groups excluding carboxylic acids is 1. The third-order valence-corrected chi connectivity index (χ3v) is 2.95. The lowest BCUT2D eigenvalue weighted by Gasteiger charge is -2.17. The smallest absolute Gasteiger partial charge is 0.162 e. The van der Waals surface area contributed by atoms with Crippen molar-refractivity contribution in [2.45, 2.75) is 12.8 Å². The summed E-state index contributed by atoms with van der Waals surface area (Å²) in [5.74, 6) is -1.75. The zero-order valence-corrected chi connectivity index (χ0v) is 8.44. The van der Waals surface area contributed by atoms with Gasteiger partial charge in [-0.3, -0.25) is 4.79 Å². The fraction of sp³-hybridized carbons (Fsp3) is 0.182. The molecule has 0 amide bonds. The fourth-order valence-corrected chi connectivity index (χ4v) is 2.01. The van der Waals surface area contributed by atoms with Crippen LogP contribution in [0, 0.1) is 11.6 Å². The predicted octanol–water partition coefficient (Wildman–Crippen LogP) is 3.06. The molecule has 15 heavy (non-hydrogen) atoms. The molecule has 0 atom stereocenters. The number of allylic oxidation sites excluding steroid dienone is 1. The Morgan fingerprint density at radius 3 is 2.67 bits per heavy atom. The summed E-state index contributed by atoms with van der Waals surface area (Å²) in [6.07, 6.45) is 1.32. The summed E-state index contributed by atoms with van der Waals surface area (Å²) >= 11 is 5.90. The molecule has 1 aromatic rings. The molecule has 0 N–H and O–H groups in total. The first-order chi connectivity index (χ1) is 7.15. The second-order valence-electron chi connectivity index (χ2n) is 3.34. The number of hydrogen-bond donors (Lipinski definition) is 0. The minimum absolute atomic E-state index is 0.227. The van der Waals surface area contributed by atoms with Crippen LogP contribution in [0.25, 0.3) is 5.03 Å². The molecular weight excluding hydrogens is 222 g/mol. The van der Waals surface area contributed by atoms with Crippen LogP contribution >= 0.6 is 11.6 Å². The maximum absolute atomic E-state index is 13.3. The van der Waals surface area contributed by atoms with E-state index in [1.165, 1.54) is 6.07 Å². The number of carbonyl (C=O) groups is 1. The van der Waals surface area contributed by atoms with Gasteiger partial charge in [0.15, 0.2) is 11.6 Å². The molecule has 2 rings (SSSR count). The Morgan fingerprint density at radius 1 is 1.27 bits per heavy atom. The molecule has 1 aromatic carbocycles. The second kappa shape index (κ2) is 3.74. The van der Waals surface area contributed by atoms with Crippen LogP contribution in [0.3, 0.4) is 0 Å². The van der Waals surface area contributed by atoms with Gasteiger partial charge in [0.2, 0.25) is 0 Å². The highest BCUT2D eigenvalue weighted by Crippen LogP contribution is 2.35. The van der Waals surface area contributed by atoms with E-state index in [-0.39, 0.29) is 10.6 Å². The SMILES string of the molecule is O=CC1=C(Cl)c2ccc(F)c(F)c2CC1. The van der Waals surface area contributed by atoms with E-state index in [1.54, 1.807) is 0 Å². The number of halogens is 3. The van der Waals surface area contributed by atoms with Gasteiger partial charge in [-0.05, 0) is 30.0 Å². The molecule has 0 heterocycles. The molecule has 0 aromatic heterocycles. The van der Waals surface area contributed by atoms with Gasteiger partial charge >= 0.3 is 0 Å². The fourth-order valence-electron chi connectivity index (χ4n) is 1.70. The summed E-state index contributed by atoms with van der Waals surface area (Å²) in [6, 6.07) is 2.42. The van der Waals surface area contributed by atoms with Gasteiger partial charge < -0.3 is 0 Å². The average Bonchev–Trinajstić information content (AvgIpc) is 2.24. The van der Waals surface area contributed by atoms with Crippen LogP contribution in [0.1, 0.15) is 17.5 Å². The standard InChI is InChI=1S/C11H7ClF2O/c12-10-6(5-15)1-2-8-7(10)3-4-9(13)11(8)14/h3-5H,1-2H2. The topological polar surface area (TPSA) is 17.1 Å². The summed E-state index contributed by atoms with van der Waals surface area (Å²) in [5.41, 5.74) is 1.12. The maximum Gasteiger partial charge on any atom is 0.162 e. The van der Waals surface area contributed by atoms with E-state index >= 15 is 0 Å². The zero-order valence-electron chi connectivity index (χ0n) is 7.69. The van der Waals surface area contributed by atoms with Crippen LogP contribution in [0.4, 0.5) is 8.78 Å². The van der Waals surface area contributed by atoms with Crippen molar-refractivity contribution in [1.29, 1.82) is 0 Å². The first-order valence-corrected chi connectivity index (χ1v) is 4.84. The minimum Gasteiger partial charge on any atom is -0.298 e. The van der Waals surface area contributed by atoms with Gasteiger partial charge in [0.05, 0.1) is 5.03 Å². The van der Waals surface area contributed by atoms with Gasteiger partial charge in [-0.15, -0.1) is 0 Å². The van der Waals surface area contributed by atoms with Crippen molar-refractivity contribution in [3.63, 3.8) is 0 Å². The molecule has 0 bridgehead atoms. The number of fused-ring (bicyclic) bond motifs is 1. The predicted molar refractivity (Wildman–Crippen MR) is 53.5 cm³/mol. The zero-order chi connectivity index (χ0) is 11.0. The molecule has 1 aliphatic rings. The first kappa shape index (κ1) is 10.3. The Bertz CT molecular complexity index is 466.